The highest BCUT2D eigenvalue weighted by atomic mass is 16.5. The van der Waals surface area contributed by atoms with Crippen molar-refractivity contribution in [3.05, 3.63) is 53.6 Å². The van der Waals surface area contributed by atoms with Crippen molar-refractivity contribution >= 4 is 17.7 Å². The molecule has 2 saturated heterocycles. The van der Waals surface area contributed by atoms with Crippen molar-refractivity contribution < 1.29 is 24.2 Å². The van der Waals surface area contributed by atoms with Crippen LogP contribution in [-0.4, -0.2) is 60.1 Å². The molecule has 2 aliphatic heterocycles. The second-order valence-electron chi connectivity index (χ2n) is 10.9. The molecular formula is C30H39N3O5. The Bertz CT molecular complexity index is 1160. The lowest BCUT2D eigenvalue weighted by Crippen LogP contribution is -2.41. The van der Waals surface area contributed by atoms with Crippen molar-refractivity contribution in [3.63, 3.8) is 0 Å². The van der Waals surface area contributed by atoms with E-state index in [0.717, 1.165) is 41.5 Å². The number of phenols is 1. The average Bonchev–Trinajstić information content (AvgIpc) is 3.36. The topological polar surface area (TPSA) is 108 Å². The normalized spacial score (nSPS) is 17.8. The quantitative estimate of drug-likeness (QED) is 0.414. The van der Waals surface area contributed by atoms with Crippen molar-refractivity contribution in [2.75, 3.05) is 26.3 Å². The van der Waals surface area contributed by atoms with Gasteiger partial charge in [-0.1, -0.05) is 50.6 Å². The zero-order valence-corrected chi connectivity index (χ0v) is 22.4. The predicted octanol–water partition coefficient (Wildman–Crippen LogP) is 3.65. The van der Waals surface area contributed by atoms with Crippen molar-refractivity contribution in [3.8, 4) is 16.9 Å². The van der Waals surface area contributed by atoms with Crippen LogP contribution in [0.5, 0.6) is 5.75 Å². The molecule has 38 heavy (non-hydrogen) atoms. The number of carbonyl (C=O) groups excluding carboxylic acids is 3. The molecule has 2 heterocycles. The molecule has 2 aliphatic rings. The van der Waals surface area contributed by atoms with E-state index >= 15 is 0 Å². The number of unbranched alkanes of at least 4 members (excludes halogenated alkanes) is 1. The highest BCUT2D eigenvalue weighted by Crippen LogP contribution is 2.36. The Kier molecular flexibility index (Phi) is 9.05. The molecule has 8 heteroatoms. The lowest BCUT2D eigenvalue weighted by atomic mass is 9.79. The minimum atomic E-state index is -0.462. The third-order valence-corrected chi connectivity index (χ3v) is 7.60. The first-order valence-electron chi connectivity index (χ1n) is 13.6. The minimum absolute atomic E-state index is 0.0897. The monoisotopic (exact) mass is 521 g/mol. The lowest BCUT2D eigenvalue weighted by Gasteiger charge is -2.28. The van der Waals surface area contributed by atoms with Gasteiger partial charge in [-0.25, -0.2) is 0 Å². The van der Waals surface area contributed by atoms with E-state index in [-0.39, 0.29) is 28.9 Å². The molecule has 0 spiro atoms. The molecule has 1 unspecified atom stereocenters. The van der Waals surface area contributed by atoms with Crippen LogP contribution >= 0.6 is 0 Å². The summed E-state index contributed by atoms with van der Waals surface area (Å²) in [4.78, 5) is 38.0. The summed E-state index contributed by atoms with van der Waals surface area (Å²) in [6.07, 6.45) is 4.16. The molecule has 1 atom stereocenters. The summed E-state index contributed by atoms with van der Waals surface area (Å²) in [6, 6.07) is 13.1. The molecule has 2 fully saturated rings. The number of ether oxygens (including phenoxy) is 1. The summed E-state index contributed by atoms with van der Waals surface area (Å²) in [5.41, 5.74) is 3.43. The number of aromatic hydroxyl groups is 1. The van der Waals surface area contributed by atoms with Crippen molar-refractivity contribution in [1.29, 1.82) is 0 Å². The van der Waals surface area contributed by atoms with Crippen LogP contribution in [0.25, 0.3) is 11.1 Å². The van der Waals surface area contributed by atoms with Gasteiger partial charge in [0.1, 0.15) is 11.8 Å². The number of amides is 3. The molecule has 0 aliphatic carbocycles. The highest BCUT2D eigenvalue weighted by molar-refractivity contribution is 5.90. The Morgan fingerprint density at radius 3 is 2.63 bits per heavy atom. The molecular weight excluding hydrogens is 482 g/mol. The fraction of sp³-hybridized carbons (Fsp3) is 0.500. The Hall–Kier alpha value is -3.39. The van der Waals surface area contributed by atoms with Crippen molar-refractivity contribution in [1.82, 2.24) is 15.5 Å². The Morgan fingerprint density at radius 1 is 1.13 bits per heavy atom. The summed E-state index contributed by atoms with van der Waals surface area (Å²) in [5, 5.41) is 16.5. The molecule has 0 radical (unpaired) electrons. The van der Waals surface area contributed by atoms with Crippen LogP contribution in [0.15, 0.2) is 42.5 Å². The largest absolute Gasteiger partial charge is 0.507 e. The standard InChI is InChI=1S/C30H39N3O5/c1-30(2,13-4-3-8-28(36)33-14-16-38-17-15-33)23-9-10-24(26(34)19-23)22-7-5-6-21(18-22)20-31-29(37)25-11-12-27(35)32-25/h5-7,9-10,18-19,25,34H,3-4,8,11-17,20H2,1-2H3,(H,31,37)(H,32,35). The number of rotatable bonds is 10. The van der Waals surface area contributed by atoms with E-state index in [1.807, 2.05) is 41.3 Å². The van der Waals surface area contributed by atoms with E-state index in [4.69, 9.17) is 4.74 Å². The van der Waals surface area contributed by atoms with Gasteiger partial charge in [-0.05, 0) is 53.5 Å². The van der Waals surface area contributed by atoms with Gasteiger partial charge >= 0.3 is 0 Å². The molecule has 0 bridgehead atoms. The van der Waals surface area contributed by atoms with E-state index in [1.54, 1.807) is 0 Å². The van der Waals surface area contributed by atoms with Gasteiger partial charge in [-0.2, -0.15) is 0 Å². The lowest BCUT2D eigenvalue weighted by molar-refractivity contribution is -0.135. The summed E-state index contributed by atoms with van der Waals surface area (Å²) < 4.78 is 5.32. The highest BCUT2D eigenvalue weighted by Gasteiger charge is 2.27. The Labute approximate surface area is 224 Å². The smallest absolute Gasteiger partial charge is 0.242 e. The number of hydrogen-bond donors (Lipinski definition) is 3. The van der Waals surface area contributed by atoms with Crippen LogP contribution < -0.4 is 10.6 Å². The SMILES string of the molecule is CC(C)(CCCCC(=O)N1CCOCC1)c1ccc(-c2cccc(CNC(=O)C3CCC(=O)N3)c2)c(O)c1. The van der Waals surface area contributed by atoms with Crippen LogP contribution in [-0.2, 0) is 31.1 Å². The van der Waals surface area contributed by atoms with Gasteiger partial charge in [0.25, 0.3) is 0 Å². The Morgan fingerprint density at radius 2 is 1.92 bits per heavy atom. The van der Waals surface area contributed by atoms with Gasteiger partial charge in [0.2, 0.25) is 17.7 Å². The van der Waals surface area contributed by atoms with Crippen molar-refractivity contribution in [2.24, 2.45) is 0 Å². The third kappa shape index (κ3) is 7.13. The molecule has 4 rings (SSSR count). The number of carbonyl (C=O) groups is 3. The number of nitrogens with one attached hydrogen (secondary N) is 2. The van der Waals surface area contributed by atoms with Crippen LogP contribution in [0.3, 0.4) is 0 Å². The molecule has 2 aromatic carbocycles. The van der Waals surface area contributed by atoms with Crippen molar-refractivity contribution in [2.45, 2.75) is 70.4 Å². The first-order valence-corrected chi connectivity index (χ1v) is 13.6. The predicted molar refractivity (Wildman–Crippen MR) is 145 cm³/mol. The number of nitrogens with zero attached hydrogens (tertiary/aromatic N) is 1. The molecule has 0 aromatic heterocycles. The zero-order chi connectivity index (χ0) is 27.1. The summed E-state index contributed by atoms with van der Waals surface area (Å²) in [7, 11) is 0. The number of hydrogen-bond acceptors (Lipinski definition) is 5. The fourth-order valence-corrected chi connectivity index (χ4v) is 5.13. The first-order chi connectivity index (χ1) is 18.2. The molecule has 3 amide bonds. The maximum atomic E-state index is 12.4. The molecule has 204 valence electrons. The summed E-state index contributed by atoms with van der Waals surface area (Å²) in [6.45, 7) is 7.31. The van der Waals surface area contributed by atoms with Crippen LogP contribution in [0.1, 0.15) is 63.5 Å². The maximum absolute atomic E-state index is 12.4. The zero-order valence-electron chi connectivity index (χ0n) is 22.4. The molecule has 8 nitrogen and oxygen atoms in total. The number of phenolic OH excluding ortho intramolecular Hbond substituents is 1. The molecule has 3 N–H and O–H groups in total. The van der Waals surface area contributed by atoms with Gasteiger partial charge in [0, 0.05) is 38.0 Å². The number of benzene rings is 2. The van der Waals surface area contributed by atoms with Gasteiger partial charge < -0.3 is 25.4 Å². The first kappa shape index (κ1) is 27.6. The Balaban J connectivity index is 1.31. The van der Waals surface area contributed by atoms with E-state index < -0.39 is 6.04 Å². The summed E-state index contributed by atoms with van der Waals surface area (Å²) >= 11 is 0. The molecule has 0 saturated carbocycles. The second-order valence-corrected chi connectivity index (χ2v) is 10.9. The minimum Gasteiger partial charge on any atom is -0.507 e. The average molecular weight is 522 g/mol. The maximum Gasteiger partial charge on any atom is 0.242 e. The summed E-state index contributed by atoms with van der Waals surface area (Å²) in [5.74, 6) is 0.155. The van der Waals surface area contributed by atoms with E-state index in [9.17, 15) is 19.5 Å². The molecule has 2 aromatic rings. The van der Waals surface area contributed by atoms with Gasteiger partial charge in [-0.3, -0.25) is 14.4 Å². The fourth-order valence-electron chi connectivity index (χ4n) is 5.13. The van der Waals surface area contributed by atoms with Crippen LogP contribution in [0, 0.1) is 0 Å². The third-order valence-electron chi connectivity index (χ3n) is 7.60. The van der Waals surface area contributed by atoms with Gasteiger partial charge in [0.15, 0.2) is 0 Å². The van der Waals surface area contributed by atoms with Gasteiger partial charge in [-0.15, -0.1) is 0 Å². The van der Waals surface area contributed by atoms with E-state index in [2.05, 4.69) is 30.5 Å². The number of morpholine rings is 1. The second kappa shape index (κ2) is 12.4. The van der Waals surface area contributed by atoms with E-state index in [0.29, 0.717) is 52.1 Å². The van der Waals surface area contributed by atoms with E-state index in [1.165, 1.54) is 0 Å². The van der Waals surface area contributed by atoms with Crippen LogP contribution in [0.4, 0.5) is 0 Å². The van der Waals surface area contributed by atoms with Gasteiger partial charge in [0.05, 0.1) is 13.2 Å². The van der Waals surface area contributed by atoms with Crippen LogP contribution in [0.2, 0.25) is 0 Å².